The molecule has 1 fully saturated rings. The Labute approximate surface area is 150 Å². The highest BCUT2D eigenvalue weighted by molar-refractivity contribution is 14.0. The first-order chi connectivity index (χ1) is 9.62. The predicted octanol–water partition coefficient (Wildman–Crippen LogP) is 3.96. The Morgan fingerprint density at radius 3 is 2.81 bits per heavy atom. The van der Waals surface area contributed by atoms with Crippen LogP contribution in [0, 0.1) is 12.8 Å². The summed E-state index contributed by atoms with van der Waals surface area (Å²) in [7, 11) is 1.86. The molecule has 1 aliphatic carbocycles. The fourth-order valence-corrected chi connectivity index (χ4v) is 3.66. The Balaban J connectivity index is 0.00000220. The number of rotatable bonds is 6. The third-order valence-electron chi connectivity index (χ3n) is 3.81. The summed E-state index contributed by atoms with van der Waals surface area (Å²) in [6, 6.07) is 5.46. The van der Waals surface area contributed by atoms with Gasteiger partial charge in [-0.25, -0.2) is 0 Å². The van der Waals surface area contributed by atoms with Crippen molar-refractivity contribution in [1.29, 1.82) is 0 Å². The van der Waals surface area contributed by atoms with Crippen LogP contribution in [-0.2, 0) is 6.42 Å². The number of halogens is 1. The van der Waals surface area contributed by atoms with Gasteiger partial charge in [-0.15, -0.1) is 35.3 Å². The molecule has 0 radical (unpaired) electrons. The Kier molecular flexibility index (Phi) is 8.02. The van der Waals surface area contributed by atoms with E-state index in [1.165, 1.54) is 29.0 Å². The second kappa shape index (κ2) is 8.98. The molecule has 1 heterocycles. The molecule has 2 N–H and O–H groups in total. The van der Waals surface area contributed by atoms with Crippen molar-refractivity contribution in [3.8, 4) is 0 Å². The maximum atomic E-state index is 4.35. The van der Waals surface area contributed by atoms with Crippen LogP contribution in [-0.4, -0.2) is 25.1 Å². The fourth-order valence-electron chi connectivity index (χ4n) is 2.64. The molecule has 0 aromatic carbocycles. The van der Waals surface area contributed by atoms with E-state index >= 15 is 0 Å². The number of aryl methyl sites for hydroxylation is 1. The second-order valence-corrected chi connectivity index (χ2v) is 7.24. The second-order valence-electron chi connectivity index (χ2n) is 5.87. The Bertz CT molecular complexity index is 458. The maximum absolute atomic E-state index is 4.35. The zero-order valence-electron chi connectivity index (χ0n) is 13.5. The van der Waals surface area contributed by atoms with Crippen LogP contribution in [0.4, 0.5) is 0 Å². The van der Waals surface area contributed by atoms with Crippen molar-refractivity contribution < 1.29 is 0 Å². The number of thiophene rings is 1. The lowest BCUT2D eigenvalue weighted by atomic mass is 10.2. The maximum Gasteiger partial charge on any atom is 0.191 e. The van der Waals surface area contributed by atoms with Gasteiger partial charge in [0.2, 0.25) is 0 Å². The number of guanidine groups is 1. The molecule has 21 heavy (non-hydrogen) atoms. The minimum atomic E-state index is 0. The van der Waals surface area contributed by atoms with Crippen molar-refractivity contribution in [2.24, 2.45) is 10.9 Å². The molecular weight excluding hydrogens is 393 g/mol. The zero-order chi connectivity index (χ0) is 14.5. The molecule has 0 amide bonds. The summed E-state index contributed by atoms with van der Waals surface area (Å²) in [5.74, 6) is 1.81. The standard InChI is InChI=1S/C16H27N3S.HI/c1-5-6-13-10-15(13)19-16(17-4)18-11(2)9-14-8-7-12(3)20-14;/h7-8,11,13,15H,5-6,9-10H2,1-4H3,(H2,17,18,19);1H. The summed E-state index contributed by atoms with van der Waals surface area (Å²) in [4.78, 5) is 7.17. The Morgan fingerprint density at radius 1 is 1.48 bits per heavy atom. The van der Waals surface area contributed by atoms with Crippen LogP contribution in [0.1, 0.15) is 42.9 Å². The van der Waals surface area contributed by atoms with E-state index in [4.69, 9.17) is 0 Å². The van der Waals surface area contributed by atoms with E-state index in [1.807, 2.05) is 18.4 Å². The highest BCUT2D eigenvalue weighted by Gasteiger charge is 2.36. The summed E-state index contributed by atoms with van der Waals surface area (Å²) in [6.07, 6.45) is 4.97. The molecular formula is C16H28IN3S. The first-order valence-electron chi connectivity index (χ1n) is 7.67. The number of nitrogens with zero attached hydrogens (tertiary/aromatic N) is 1. The van der Waals surface area contributed by atoms with Crippen LogP contribution in [0.2, 0.25) is 0 Å². The van der Waals surface area contributed by atoms with E-state index in [2.05, 4.69) is 48.5 Å². The lowest BCUT2D eigenvalue weighted by Crippen LogP contribution is -2.44. The number of nitrogens with one attached hydrogen (secondary N) is 2. The van der Waals surface area contributed by atoms with Crippen LogP contribution in [0.15, 0.2) is 17.1 Å². The van der Waals surface area contributed by atoms with Gasteiger partial charge < -0.3 is 10.6 Å². The zero-order valence-corrected chi connectivity index (χ0v) is 16.6. The van der Waals surface area contributed by atoms with E-state index in [0.717, 1.165) is 18.3 Å². The van der Waals surface area contributed by atoms with Crippen molar-refractivity contribution >= 4 is 41.3 Å². The van der Waals surface area contributed by atoms with Gasteiger partial charge in [-0.3, -0.25) is 4.99 Å². The van der Waals surface area contributed by atoms with Gasteiger partial charge in [-0.2, -0.15) is 0 Å². The summed E-state index contributed by atoms with van der Waals surface area (Å²) in [6.45, 7) is 6.64. The highest BCUT2D eigenvalue weighted by Crippen LogP contribution is 2.34. The van der Waals surface area contributed by atoms with E-state index < -0.39 is 0 Å². The molecule has 3 nitrogen and oxygen atoms in total. The predicted molar refractivity (Wildman–Crippen MR) is 104 cm³/mol. The van der Waals surface area contributed by atoms with Crippen LogP contribution in [0.3, 0.4) is 0 Å². The van der Waals surface area contributed by atoms with Gasteiger partial charge in [0.05, 0.1) is 0 Å². The van der Waals surface area contributed by atoms with Gasteiger partial charge in [-0.1, -0.05) is 13.3 Å². The average Bonchev–Trinajstić information content (AvgIpc) is 3.00. The first kappa shape index (κ1) is 18.7. The molecule has 3 unspecified atom stereocenters. The van der Waals surface area contributed by atoms with Crippen molar-refractivity contribution in [2.75, 3.05) is 7.05 Å². The Morgan fingerprint density at radius 2 is 2.24 bits per heavy atom. The molecule has 1 aliphatic rings. The summed E-state index contributed by atoms with van der Waals surface area (Å²) < 4.78 is 0. The molecule has 0 bridgehead atoms. The van der Waals surface area contributed by atoms with Crippen LogP contribution >= 0.6 is 35.3 Å². The third-order valence-corrected chi connectivity index (χ3v) is 4.84. The number of aliphatic imine (C=N–C) groups is 1. The van der Waals surface area contributed by atoms with Gasteiger partial charge in [0.1, 0.15) is 0 Å². The van der Waals surface area contributed by atoms with Crippen LogP contribution in [0.5, 0.6) is 0 Å². The molecule has 1 aromatic rings. The lowest BCUT2D eigenvalue weighted by Gasteiger charge is -2.17. The molecule has 5 heteroatoms. The lowest BCUT2D eigenvalue weighted by molar-refractivity contribution is 0.623. The van der Waals surface area contributed by atoms with Gasteiger partial charge in [0.15, 0.2) is 5.96 Å². The number of hydrogen-bond donors (Lipinski definition) is 2. The minimum absolute atomic E-state index is 0. The molecule has 3 atom stereocenters. The quantitative estimate of drug-likeness (QED) is 0.415. The first-order valence-corrected chi connectivity index (χ1v) is 8.49. The third kappa shape index (κ3) is 6.14. The van der Waals surface area contributed by atoms with Crippen molar-refractivity contribution in [1.82, 2.24) is 10.6 Å². The normalized spacial score (nSPS) is 22.4. The topological polar surface area (TPSA) is 36.4 Å². The van der Waals surface area contributed by atoms with Gasteiger partial charge >= 0.3 is 0 Å². The smallest absolute Gasteiger partial charge is 0.191 e. The molecule has 2 rings (SSSR count). The molecule has 0 saturated heterocycles. The largest absolute Gasteiger partial charge is 0.354 e. The van der Waals surface area contributed by atoms with Gasteiger partial charge in [0.25, 0.3) is 0 Å². The summed E-state index contributed by atoms with van der Waals surface area (Å²) >= 11 is 1.88. The van der Waals surface area contributed by atoms with Crippen molar-refractivity contribution in [3.05, 3.63) is 21.9 Å². The summed E-state index contributed by atoms with van der Waals surface area (Å²) in [5, 5.41) is 7.04. The highest BCUT2D eigenvalue weighted by atomic mass is 127. The summed E-state index contributed by atoms with van der Waals surface area (Å²) in [5.41, 5.74) is 0. The van der Waals surface area contributed by atoms with E-state index in [1.54, 1.807) is 0 Å². The van der Waals surface area contributed by atoms with Crippen LogP contribution in [0.25, 0.3) is 0 Å². The molecule has 0 aliphatic heterocycles. The van der Waals surface area contributed by atoms with Gasteiger partial charge in [-0.05, 0) is 44.7 Å². The molecule has 1 aromatic heterocycles. The number of hydrogen-bond acceptors (Lipinski definition) is 2. The van der Waals surface area contributed by atoms with Gasteiger partial charge in [0, 0.05) is 35.3 Å². The monoisotopic (exact) mass is 421 g/mol. The fraction of sp³-hybridized carbons (Fsp3) is 0.688. The van der Waals surface area contributed by atoms with Crippen molar-refractivity contribution in [2.45, 2.75) is 58.5 Å². The van der Waals surface area contributed by atoms with E-state index in [0.29, 0.717) is 12.1 Å². The average molecular weight is 421 g/mol. The van der Waals surface area contributed by atoms with E-state index in [9.17, 15) is 0 Å². The Hall–Kier alpha value is -0.300. The molecule has 1 saturated carbocycles. The minimum Gasteiger partial charge on any atom is -0.354 e. The van der Waals surface area contributed by atoms with Crippen LogP contribution < -0.4 is 10.6 Å². The van der Waals surface area contributed by atoms with E-state index in [-0.39, 0.29) is 24.0 Å². The van der Waals surface area contributed by atoms with Crippen molar-refractivity contribution in [3.63, 3.8) is 0 Å². The SMILES string of the molecule is CCCC1CC1NC(=NC)NC(C)Cc1ccc(C)s1.I. The molecule has 120 valence electrons. The molecule has 0 spiro atoms.